The highest BCUT2D eigenvalue weighted by Gasteiger charge is 2.02. The maximum absolute atomic E-state index is 10.7. The summed E-state index contributed by atoms with van der Waals surface area (Å²) in [5.74, 6) is 0. The van der Waals surface area contributed by atoms with Crippen LogP contribution in [0.15, 0.2) is 23.1 Å². The molecule has 0 unspecified atom stereocenters. The summed E-state index contributed by atoms with van der Waals surface area (Å²) < 4.78 is 0. The van der Waals surface area contributed by atoms with Crippen LogP contribution in [0, 0.1) is 0 Å². The molecule has 2 heterocycles. The lowest BCUT2D eigenvalue weighted by Gasteiger charge is -2.20. The minimum atomic E-state index is -0.0833. The SMILES string of the molecule is CN1CCCCC1.CNc1ccc[nH]c1=O. The van der Waals surface area contributed by atoms with Gasteiger partial charge in [0, 0.05) is 13.2 Å². The minimum Gasteiger partial charge on any atom is -0.384 e. The van der Waals surface area contributed by atoms with Gasteiger partial charge in [0.1, 0.15) is 5.69 Å². The van der Waals surface area contributed by atoms with Crippen LogP contribution in [0.2, 0.25) is 0 Å². The zero-order chi connectivity index (χ0) is 11.8. The highest BCUT2D eigenvalue weighted by molar-refractivity contribution is 5.38. The normalized spacial score (nSPS) is 16.1. The number of H-pyrrole nitrogens is 1. The second kappa shape index (κ2) is 7.06. The second-order valence-corrected chi connectivity index (χ2v) is 4.03. The van der Waals surface area contributed by atoms with Gasteiger partial charge in [0.2, 0.25) is 0 Å². The molecule has 0 bridgehead atoms. The number of pyridine rings is 1. The molecule has 0 atom stereocenters. The Morgan fingerprint density at radius 1 is 1.31 bits per heavy atom. The van der Waals surface area contributed by atoms with Crippen molar-refractivity contribution in [3.8, 4) is 0 Å². The van der Waals surface area contributed by atoms with Crippen LogP contribution in [0.3, 0.4) is 0 Å². The third-order valence-electron chi connectivity index (χ3n) is 2.67. The molecule has 0 aromatic carbocycles. The van der Waals surface area contributed by atoms with Crippen molar-refractivity contribution in [1.82, 2.24) is 9.88 Å². The summed E-state index contributed by atoms with van der Waals surface area (Å²) in [6, 6.07) is 3.49. The van der Waals surface area contributed by atoms with Gasteiger partial charge in [-0.15, -0.1) is 0 Å². The monoisotopic (exact) mass is 223 g/mol. The number of likely N-dealkylation sites (tertiary alicyclic amines) is 1. The molecule has 2 N–H and O–H groups in total. The van der Waals surface area contributed by atoms with Crippen LogP contribution < -0.4 is 10.9 Å². The zero-order valence-corrected chi connectivity index (χ0v) is 10.1. The summed E-state index contributed by atoms with van der Waals surface area (Å²) in [5.41, 5.74) is 0.512. The quantitative estimate of drug-likeness (QED) is 0.759. The number of anilines is 1. The van der Waals surface area contributed by atoms with E-state index in [0.29, 0.717) is 5.69 Å². The van der Waals surface area contributed by atoms with Gasteiger partial charge in [-0.1, -0.05) is 6.42 Å². The average molecular weight is 223 g/mol. The van der Waals surface area contributed by atoms with E-state index in [4.69, 9.17) is 0 Å². The van der Waals surface area contributed by atoms with Gasteiger partial charge in [0.05, 0.1) is 0 Å². The van der Waals surface area contributed by atoms with Crippen LogP contribution in [-0.2, 0) is 0 Å². The fourth-order valence-corrected chi connectivity index (χ4v) is 1.67. The Kier molecular flexibility index (Phi) is 5.64. The number of nitrogens with zero attached hydrogens (tertiary/aromatic N) is 1. The first-order valence-electron chi connectivity index (χ1n) is 5.78. The zero-order valence-electron chi connectivity index (χ0n) is 10.1. The Balaban J connectivity index is 0.000000165. The van der Waals surface area contributed by atoms with Crippen LogP contribution in [0.25, 0.3) is 0 Å². The molecule has 4 heteroatoms. The van der Waals surface area contributed by atoms with Gasteiger partial charge in [0.25, 0.3) is 5.56 Å². The maximum atomic E-state index is 10.7. The van der Waals surface area contributed by atoms with E-state index in [0.717, 1.165) is 0 Å². The van der Waals surface area contributed by atoms with Crippen molar-refractivity contribution in [3.63, 3.8) is 0 Å². The van der Waals surface area contributed by atoms with Gasteiger partial charge in [-0.05, 0) is 45.1 Å². The fraction of sp³-hybridized carbons (Fsp3) is 0.583. The summed E-state index contributed by atoms with van der Waals surface area (Å²) in [6.45, 7) is 2.64. The van der Waals surface area contributed by atoms with Crippen LogP contribution >= 0.6 is 0 Å². The molecule has 1 aromatic rings. The molecular formula is C12H21N3O. The lowest BCUT2D eigenvalue weighted by Crippen LogP contribution is -2.24. The highest BCUT2D eigenvalue weighted by Crippen LogP contribution is 2.04. The van der Waals surface area contributed by atoms with E-state index in [1.807, 2.05) is 0 Å². The van der Waals surface area contributed by atoms with Crippen molar-refractivity contribution in [2.24, 2.45) is 0 Å². The highest BCUT2D eigenvalue weighted by atomic mass is 16.1. The van der Waals surface area contributed by atoms with Crippen molar-refractivity contribution < 1.29 is 0 Å². The molecule has 0 aliphatic carbocycles. The van der Waals surface area contributed by atoms with Gasteiger partial charge < -0.3 is 15.2 Å². The summed E-state index contributed by atoms with van der Waals surface area (Å²) in [6.07, 6.45) is 5.88. The lowest BCUT2D eigenvalue weighted by atomic mass is 10.1. The van der Waals surface area contributed by atoms with Gasteiger partial charge in [0.15, 0.2) is 0 Å². The van der Waals surface area contributed by atoms with Crippen molar-refractivity contribution in [2.75, 3.05) is 32.5 Å². The van der Waals surface area contributed by atoms with E-state index in [1.165, 1.54) is 32.4 Å². The van der Waals surface area contributed by atoms with Gasteiger partial charge in [-0.2, -0.15) is 0 Å². The van der Waals surface area contributed by atoms with Gasteiger partial charge in [-0.25, -0.2) is 0 Å². The summed E-state index contributed by atoms with van der Waals surface area (Å²) >= 11 is 0. The average Bonchev–Trinajstić information content (AvgIpc) is 2.31. The number of aromatic nitrogens is 1. The number of piperidine rings is 1. The number of rotatable bonds is 1. The van der Waals surface area contributed by atoms with Gasteiger partial charge >= 0.3 is 0 Å². The van der Waals surface area contributed by atoms with E-state index in [2.05, 4.69) is 22.2 Å². The van der Waals surface area contributed by atoms with E-state index in [-0.39, 0.29) is 5.56 Å². The Morgan fingerprint density at radius 3 is 2.38 bits per heavy atom. The topological polar surface area (TPSA) is 48.1 Å². The number of nitrogens with one attached hydrogen (secondary N) is 2. The predicted molar refractivity (Wildman–Crippen MR) is 68.0 cm³/mol. The molecule has 1 aliphatic rings. The summed E-state index contributed by atoms with van der Waals surface area (Å²) in [4.78, 5) is 15.7. The van der Waals surface area contributed by atoms with E-state index >= 15 is 0 Å². The van der Waals surface area contributed by atoms with Crippen LogP contribution in [-0.4, -0.2) is 37.1 Å². The Morgan fingerprint density at radius 2 is 2.00 bits per heavy atom. The molecule has 2 rings (SSSR count). The Bertz CT molecular complexity index is 342. The molecule has 4 nitrogen and oxygen atoms in total. The summed E-state index contributed by atoms with van der Waals surface area (Å²) in [7, 11) is 3.91. The Hall–Kier alpha value is -1.29. The molecule has 0 saturated carbocycles. The largest absolute Gasteiger partial charge is 0.384 e. The number of hydrogen-bond acceptors (Lipinski definition) is 3. The summed E-state index contributed by atoms with van der Waals surface area (Å²) in [5, 5.41) is 2.75. The lowest BCUT2D eigenvalue weighted by molar-refractivity contribution is 0.277. The smallest absolute Gasteiger partial charge is 0.271 e. The van der Waals surface area contributed by atoms with Crippen LogP contribution in [0.4, 0.5) is 5.69 Å². The van der Waals surface area contributed by atoms with E-state index in [9.17, 15) is 4.79 Å². The first-order valence-corrected chi connectivity index (χ1v) is 5.78. The van der Waals surface area contributed by atoms with Crippen molar-refractivity contribution in [3.05, 3.63) is 28.7 Å². The predicted octanol–water partition coefficient (Wildman–Crippen LogP) is 1.52. The van der Waals surface area contributed by atoms with E-state index < -0.39 is 0 Å². The van der Waals surface area contributed by atoms with Crippen LogP contribution in [0.1, 0.15) is 19.3 Å². The second-order valence-electron chi connectivity index (χ2n) is 4.03. The molecule has 1 saturated heterocycles. The fourth-order valence-electron chi connectivity index (χ4n) is 1.67. The molecule has 1 fully saturated rings. The Labute approximate surface area is 96.7 Å². The van der Waals surface area contributed by atoms with Crippen LogP contribution in [0.5, 0.6) is 0 Å². The molecule has 0 spiro atoms. The third kappa shape index (κ3) is 4.49. The first-order chi connectivity index (χ1) is 7.74. The maximum Gasteiger partial charge on any atom is 0.271 e. The van der Waals surface area contributed by atoms with Gasteiger partial charge in [-0.3, -0.25) is 4.79 Å². The van der Waals surface area contributed by atoms with Crippen molar-refractivity contribution in [2.45, 2.75) is 19.3 Å². The number of hydrogen-bond donors (Lipinski definition) is 2. The molecule has 1 aliphatic heterocycles. The number of aromatic amines is 1. The van der Waals surface area contributed by atoms with Crippen molar-refractivity contribution >= 4 is 5.69 Å². The molecule has 0 radical (unpaired) electrons. The molecule has 16 heavy (non-hydrogen) atoms. The minimum absolute atomic E-state index is 0.0833. The molecule has 0 amide bonds. The first kappa shape index (κ1) is 12.8. The standard InChI is InChI=1S/C6H8N2O.C6H13N/c1-7-5-3-2-4-8-6(5)9;1-7-5-3-2-4-6-7/h2-4,7H,1H3,(H,8,9);2-6H2,1H3. The molecular weight excluding hydrogens is 202 g/mol. The molecule has 90 valence electrons. The third-order valence-corrected chi connectivity index (χ3v) is 2.67. The van der Waals surface area contributed by atoms with Crippen molar-refractivity contribution in [1.29, 1.82) is 0 Å². The molecule has 1 aromatic heterocycles. The van der Waals surface area contributed by atoms with E-state index in [1.54, 1.807) is 25.4 Å².